The Morgan fingerprint density at radius 2 is 2.10 bits per heavy atom. The third-order valence-corrected chi connectivity index (χ3v) is 3.54. The normalized spacial score (nSPS) is 11.9. The summed E-state index contributed by atoms with van der Waals surface area (Å²) < 4.78 is 14.4. The minimum absolute atomic E-state index is 0.140. The second kappa shape index (κ2) is 6.65. The van der Waals surface area contributed by atoms with Crippen LogP contribution in [0.25, 0.3) is 0 Å². The SMILES string of the molecule is CC(NCc1cc(F)cc(C#N)c1)c1cccc(Br)c1. The predicted molar refractivity (Wildman–Crippen MR) is 80.5 cm³/mol. The van der Waals surface area contributed by atoms with Crippen molar-refractivity contribution in [3.8, 4) is 6.07 Å². The van der Waals surface area contributed by atoms with E-state index < -0.39 is 0 Å². The fraction of sp³-hybridized carbons (Fsp3) is 0.188. The zero-order valence-corrected chi connectivity index (χ0v) is 12.6. The van der Waals surface area contributed by atoms with Crippen LogP contribution in [0.1, 0.15) is 29.7 Å². The Morgan fingerprint density at radius 3 is 2.80 bits per heavy atom. The van der Waals surface area contributed by atoms with E-state index in [9.17, 15) is 4.39 Å². The van der Waals surface area contributed by atoms with Gasteiger partial charge in [-0.05, 0) is 48.4 Å². The molecule has 0 amide bonds. The van der Waals surface area contributed by atoms with E-state index in [4.69, 9.17) is 5.26 Å². The predicted octanol–water partition coefficient (Wildman–Crippen LogP) is 4.31. The molecule has 0 saturated carbocycles. The second-order valence-corrected chi connectivity index (χ2v) is 5.53. The van der Waals surface area contributed by atoms with E-state index in [2.05, 4.69) is 21.2 Å². The van der Waals surface area contributed by atoms with Crippen molar-refractivity contribution in [2.75, 3.05) is 0 Å². The highest BCUT2D eigenvalue weighted by molar-refractivity contribution is 9.10. The molecule has 0 fully saturated rings. The number of hydrogen-bond acceptors (Lipinski definition) is 2. The van der Waals surface area contributed by atoms with E-state index in [0.717, 1.165) is 15.6 Å². The summed E-state index contributed by atoms with van der Waals surface area (Å²) in [5.41, 5.74) is 2.26. The first-order chi connectivity index (χ1) is 9.58. The molecule has 2 aromatic rings. The molecular formula is C16H14BrFN2. The molecule has 2 rings (SSSR count). The maximum Gasteiger partial charge on any atom is 0.124 e. The Morgan fingerprint density at radius 1 is 1.30 bits per heavy atom. The van der Waals surface area contributed by atoms with Crippen LogP contribution in [0.2, 0.25) is 0 Å². The first-order valence-corrected chi connectivity index (χ1v) is 7.06. The molecular weight excluding hydrogens is 319 g/mol. The molecule has 0 radical (unpaired) electrons. The van der Waals surface area contributed by atoms with Gasteiger partial charge in [-0.1, -0.05) is 28.1 Å². The van der Waals surface area contributed by atoms with Crippen LogP contribution in [-0.4, -0.2) is 0 Å². The summed E-state index contributed by atoms with van der Waals surface area (Å²) in [6.07, 6.45) is 0. The maximum atomic E-state index is 13.3. The summed E-state index contributed by atoms with van der Waals surface area (Å²) in [6, 6.07) is 14.5. The van der Waals surface area contributed by atoms with Crippen molar-refractivity contribution in [3.05, 3.63) is 69.4 Å². The van der Waals surface area contributed by atoms with Gasteiger partial charge >= 0.3 is 0 Å². The molecule has 2 nitrogen and oxygen atoms in total. The van der Waals surface area contributed by atoms with Crippen LogP contribution < -0.4 is 5.32 Å². The average Bonchev–Trinajstić information content (AvgIpc) is 2.44. The Kier molecular flexibility index (Phi) is 4.89. The van der Waals surface area contributed by atoms with E-state index in [1.165, 1.54) is 12.1 Å². The van der Waals surface area contributed by atoms with Gasteiger partial charge in [0.1, 0.15) is 5.82 Å². The molecule has 0 aliphatic carbocycles. The molecule has 1 atom stereocenters. The van der Waals surface area contributed by atoms with Gasteiger partial charge in [-0.3, -0.25) is 0 Å². The third kappa shape index (κ3) is 3.89. The van der Waals surface area contributed by atoms with Crippen LogP contribution in [0.5, 0.6) is 0 Å². The Bertz CT molecular complexity index is 649. The van der Waals surface area contributed by atoms with E-state index in [-0.39, 0.29) is 11.9 Å². The maximum absolute atomic E-state index is 13.3. The number of halogens is 2. The van der Waals surface area contributed by atoms with Gasteiger partial charge in [0, 0.05) is 17.1 Å². The largest absolute Gasteiger partial charge is 0.306 e. The first-order valence-electron chi connectivity index (χ1n) is 6.27. The number of nitrogens with one attached hydrogen (secondary N) is 1. The molecule has 0 heterocycles. The van der Waals surface area contributed by atoms with Crippen molar-refractivity contribution in [1.82, 2.24) is 5.32 Å². The molecule has 0 aromatic heterocycles. The van der Waals surface area contributed by atoms with E-state index in [0.29, 0.717) is 12.1 Å². The van der Waals surface area contributed by atoms with Crippen LogP contribution in [0.4, 0.5) is 4.39 Å². The summed E-state index contributed by atoms with van der Waals surface area (Å²) in [5, 5.41) is 12.2. The summed E-state index contributed by atoms with van der Waals surface area (Å²) in [6.45, 7) is 2.56. The number of benzene rings is 2. The van der Waals surface area contributed by atoms with Gasteiger partial charge in [0.15, 0.2) is 0 Å². The van der Waals surface area contributed by atoms with E-state index in [1.54, 1.807) is 6.07 Å². The van der Waals surface area contributed by atoms with Gasteiger partial charge in [0.2, 0.25) is 0 Å². The van der Waals surface area contributed by atoms with Crippen molar-refractivity contribution in [2.45, 2.75) is 19.5 Å². The number of nitriles is 1. The number of rotatable bonds is 4. The molecule has 102 valence electrons. The molecule has 1 N–H and O–H groups in total. The minimum Gasteiger partial charge on any atom is -0.306 e. The topological polar surface area (TPSA) is 35.8 Å². The van der Waals surface area contributed by atoms with Crippen LogP contribution in [-0.2, 0) is 6.54 Å². The van der Waals surface area contributed by atoms with E-state index in [1.807, 2.05) is 37.3 Å². The highest BCUT2D eigenvalue weighted by Gasteiger charge is 2.06. The lowest BCUT2D eigenvalue weighted by atomic mass is 10.1. The van der Waals surface area contributed by atoms with Crippen LogP contribution >= 0.6 is 15.9 Å². The standard InChI is InChI=1S/C16H14BrFN2/c1-11(14-3-2-4-15(17)8-14)20-10-13-5-12(9-19)6-16(18)7-13/h2-8,11,20H,10H2,1H3. The van der Waals surface area contributed by atoms with Crippen LogP contribution in [0.3, 0.4) is 0 Å². The van der Waals surface area contributed by atoms with Crippen molar-refractivity contribution >= 4 is 15.9 Å². The van der Waals surface area contributed by atoms with Gasteiger partial charge < -0.3 is 5.32 Å². The lowest BCUT2D eigenvalue weighted by Crippen LogP contribution is -2.18. The summed E-state index contributed by atoms with van der Waals surface area (Å²) in [7, 11) is 0. The van der Waals surface area contributed by atoms with Crippen LogP contribution in [0.15, 0.2) is 46.9 Å². The third-order valence-electron chi connectivity index (χ3n) is 3.05. The fourth-order valence-electron chi connectivity index (χ4n) is 1.98. The lowest BCUT2D eigenvalue weighted by molar-refractivity contribution is 0.569. The summed E-state index contributed by atoms with van der Waals surface area (Å²) in [4.78, 5) is 0. The molecule has 4 heteroatoms. The average molecular weight is 333 g/mol. The van der Waals surface area contributed by atoms with Crippen LogP contribution in [0, 0.1) is 17.1 Å². The van der Waals surface area contributed by atoms with Crippen molar-refractivity contribution in [2.24, 2.45) is 0 Å². The first kappa shape index (κ1) is 14.7. The Hall–Kier alpha value is -1.70. The van der Waals surface area contributed by atoms with Crippen molar-refractivity contribution < 1.29 is 4.39 Å². The molecule has 2 aromatic carbocycles. The summed E-state index contributed by atoms with van der Waals surface area (Å²) >= 11 is 3.44. The van der Waals surface area contributed by atoms with Gasteiger partial charge in [-0.2, -0.15) is 5.26 Å². The zero-order chi connectivity index (χ0) is 14.5. The Balaban J connectivity index is 2.05. The fourth-order valence-corrected chi connectivity index (χ4v) is 2.40. The molecule has 0 saturated heterocycles. The zero-order valence-electron chi connectivity index (χ0n) is 11.0. The van der Waals surface area contributed by atoms with Gasteiger partial charge in [-0.25, -0.2) is 4.39 Å². The van der Waals surface area contributed by atoms with Gasteiger partial charge in [0.25, 0.3) is 0 Å². The monoisotopic (exact) mass is 332 g/mol. The van der Waals surface area contributed by atoms with E-state index >= 15 is 0 Å². The van der Waals surface area contributed by atoms with Gasteiger partial charge in [-0.15, -0.1) is 0 Å². The molecule has 0 aliphatic heterocycles. The Labute approximate surface area is 126 Å². The quantitative estimate of drug-likeness (QED) is 0.905. The number of nitrogens with zero attached hydrogens (tertiary/aromatic N) is 1. The number of hydrogen-bond donors (Lipinski definition) is 1. The van der Waals surface area contributed by atoms with Gasteiger partial charge in [0.05, 0.1) is 11.6 Å². The highest BCUT2D eigenvalue weighted by Crippen LogP contribution is 2.18. The van der Waals surface area contributed by atoms with Crippen molar-refractivity contribution in [1.29, 1.82) is 5.26 Å². The lowest BCUT2D eigenvalue weighted by Gasteiger charge is -2.15. The molecule has 20 heavy (non-hydrogen) atoms. The highest BCUT2D eigenvalue weighted by atomic mass is 79.9. The summed E-state index contributed by atoms with van der Waals surface area (Å²) in [5.74, 6) is -0.379. The van der Waals surface area contributed by atoms with Crippen molar-refractivity contribution in [3.63, 3.8) is 0 Å². The minimum atomic E-state index is -0.379. The molecule has 1 unspecified atom stereocenters. The second-order valence-electron chi connectivity index (χ2n) is 4.62. The molecule has 0 spiro atoms. The smallest absolute Gasteiger partial charge is 0.124 e. The molecule has 0 bridgehead atoms. The molecule has 0 aliphatic rings.